The van der Waals surface area contributed by atoms with Crippen LogP contribution >= 0.6 is 11.8 Å². The van der Waals surface area contributed by atoms with Crippen LogP contribution in [0, 0.1) is 0 Å². The van der Waals surface area contributed by atoms with Crippen LogP contribution < -0.4 is 0 Å². The Labute approximate surface area is 93.9 Å². The van der Waals surface area contributed by atoms with Crippen LogP contribution in [0.3, 0.4) is 0 Å². The summed E-state index contributed by atoms with van der Waals surface area (Å²) in [5.74, 6) is 0. The summed E-state index contributed by atoms with van der Waals surface area (Å²) < 4.78 is 0. The summed E-state index contributed by atoms with van der Waals surface area (Å²) in [4.78, 5) is 6.21. The molecule has 0 aliphatic heterocycles. The molecule has 0 N–H and O–H groups in total. The molecule has 1 aromatic heterocycles. The number of thioether (sulfide) groups is 1. The van der Waals surface area contributed by atoms with Gasteiger partial charge in [-0.2, -0.15) is 0 Å². The summed E-state index contributed by atoms with van der Waals surface area (Å²) in [5.41, 5.74) is 1.17. The van der Waals surface area contributed by atoms with Crippen LogP contribution in [0.15, 0.2) is 66.3 Å². The number of aromatic nitrogens is 1. The van der Waals surface area contributed by atoms with Crippen LogP contribution in [0.5, 0.6) is 0 Å². The molecule has 0 spiro atoms. The third kappa shape index (κ3) is 2.70. The van der Waals surface area contributed by atoms with E-state index < -0.39 is 0 Å². The summed E-state index contributed by atoms with van der Waals surface area (Å²) in [7, 11) is 0. The molecule has 0 unspecified atom stereocenters. The van der Waals surface area contributed by atoms with Gasteiger partial charge in [-0.25, -0.2) is 0 Å². The van der Waals surface area contributed by atoms with Gasteiger partial charge in [0, 0.05) is 22.2 Å². The van der Waals surface area contributed by atoms with Gasteiger partial charge in [0.15, 0.2) is 0 Å². The van der Waals surface area contributed by atoms with Gasteiger partial charge in [0.1, 0.15) is 0 Å². The molecule has 74 valence electrons. The number of hydrogen-bond donors (Lipinski definition) is 0. The molecule has 2 rings (SSSR count). The van der Waals surface area contributed by atoms with E-state index in [-0.39, 0.29) is 0 Å². The van der Waals surface area contributed by atoms with E-state index in [2.05, 4.69) is 23.7 Å². The highest BCUT2D eigenvalue weighted by molar-refractivity contribution is 8.08. The molecule has 0 bridgehead atoms. The third-order valence-corrected chi connectivity index (χ3v) is 2.98. The van der Waals surface area contributed by atoms with Crippen molar-refractivity contribution < 1.29 is 0 Å². The first-order chi connectivity index (χ1) is 7.36. The SMILES string of the molecule is C=C(Sc1ccncc1)c1ccccc1. The zero-order chi connectivity index (χ0) is 10.5. The Bertz CT molecular complexity index is 437. The van der Waals surface area contributed by atoms with Crippen LogP contribution in [0.2, 0.25) is 0 Å². The normalized spacial score (nSPS) is 9.87. The van der Waals surface area contributed by atoms with Crippen LogP contribution in [0.1, 0.15) is 5.56 Å². The molecule has 0 radical (unpaired) electrons. The fourth-order valence-corrected chi connectivity index (χ4v) is 2.03. The molecular formula is C13H11NS. The number of hydrogen-bond acceptors (Lipinski definition) is 2. The zero-order valence-electron chi connectivity index (χ0n) is 8.26. The summed E-state index contributed by atoms with van der Waals surface area (Å²) in [5, 5.41) is 0. The molecule has 2 aromatic rings. The quantitative estimate of drug-likeness (QED) is 0.718. The van der Waals surface area contributed by atoms with E-state index in [1.165, 1.54) is 10.5 Å². The van der Waals surface area contributed by atoms with Crippen molar-refractivity contribution in [3.05, 3.63) is 67.0 Å². The molecule has 0 aliphatic rings. The highest BCUT2D eigenvalue weighted by atomic mass is 32.2. The molecule has 0 saturated heterocycles. The van der Waals surface area contributed by atoms with Crippen molar-refractivity contribution in [1.82, 2.24) is 4.98 Å². The molecule has 1 aromatic carbocycles. The molecule has 15 heavy (non-hydrogen) atoms. The molecule has 1 heterocycles. The van der Waals surface area contributed by atoms with Gasteiger partial charge in [0.25, 0.3) is 0 Å². The molecule has 1 nitrogen and oxygen atoms in total. The van der Waals surface area contributed by atoms with E-state index in [1.807, 2.05) is 30.3 Å². The van der Waals surface area contributed by atoms with E-state index in [0.717, 1.165) is 4.91 Å². The van der Waals surface area contributed by atoms with Crippen molar-refractivity contribution in [2.75, 3.05) is 0 Å². The second kappa shape index (κ2) is 4.80. The van der Waals surface area contributed by atoms with Crippen LogP contribution in [0.4, 0.5) is 0 Å². The van der Waals surface area contributed by atoms with E-state index >= 15 is 0 Å². The monoisotopic (exact) mass is 213 g/mol. The van der Waals surface area contributed by atoms with E-state index in [9.17, 15) is 0 Å². The van der Waals surface area contributed by atoms with Gasteiger partial charge < -0.3 is 0 Å². The smallest absolute Gasteiger partial charge is 0.0279 e. The van der Waals surface area contributed by atoms with Crippen molar-refractivity contribution in [2.24, 2.45) is 0 Å². The Morgan fingerprint density at radius 2 is 1.67 bits per heavy atom. The molecule has 2 heteroatoms. The van der Waals surface area contributed by atoms with Gasteiger partial charge in [-0.3, -0.25) is 4.98 Å². The minimum Gasteiger partial charge on any atom is -0.265 e. The van der Waals surface area contributed by atoms with Gasteiger partial charge in [-0.15, -0.1) is 0 Å². The Kier molecular flexibility index (Phi) is 3.20. The van der Waals surface area contributed by atoms with Gasteiger partial charge in [0.2, 0.25) is 0 Å². The minimum atomic E-state index is 1.06. The van der Waals surface area contributed by atoms with E-state index in [0.29, 0.717) is 0 Å². The van der Waals surface area contributed by atoms with E-state index in [4.69, 9.17) is 0 Å². The maximum atomic E-state index is 4.06. The third-order valence-electron chi connectivity index (χ3n) is 1.99. The minimum absolute atomic E-state index is 1.06. The second-order valence-electron chi connectivity index (χ2n) is 3.07. The van der Waals surface area contributed by atoms with Gasteiger partial charge in [-0.1, -0.05) is 48.7 Å². The van der Waals surface area contributed by atoms with Crippen molar-refractivity contribution in [2.45, 2.75) is 4.90 Å². The van der Waals surface area contributed by atoms with Crippen molar-refractivity contribution >= 4 is 16.7 Å². The standard InChI is InChI=1S/C13H11NS/c1-11(12-5-3-2-4-6-12)15-13-7-9-14-10-8-13/h2-10H,1H2. The lowest BCUT2D eigenvalue weighted by atomic mass is 10.2. The van der Waals surface area contributed by atoms with Gasteiger partial charge in [-0.05, 0) is 17.7 Å². The largest absolute Gasteiger partial charge is 0.265 e. The van der Waals surface area contributed by atoms with Crippen molar-refractivity contribution in [3.8, 4) is 0 Å². The average molecular weight is 213 g/mol. The molecule has 0 amide bonds. The number of nitrogens with zero attached hydrogens (tertiary/aromatic N) is 1. The Hall–Kier alpha value is -1.54. The van der Waals surface area contributed by atoms with Crippen LogP contribution in [-0.2, 0) is 0 Å². The van der Waals surface area contributed by atoms with Gasteiger partial charge >= 0.3 is 0 Å². The van der Waals surface area contributed by atoms with Crippen LogP contribution in [-0.4, -0.2) is 4.98 Å². The Morgan fingerprint density at radius 1 is 1.00 bits per heavy atom. The summed E-state index contributed by atoms with van der Waals surface area (Å²) in [6.45, 7) is 4.06. The van der Waals surface area contributed by atoms with Crippen molar-refractivity contribution in [3.63, 3.8) is 0 Å². The molecule has 0 fully saturated rings. The fourth-order valence-electron chi connectivity index (χ4n) is 1.23. The topological polar surface area (TPSA) is 12.9 Å². The number of rotatable bonds is 3. The maximum Gasteiger partial charge on any atom is 0.0279 e. The second-order valence-corrected chi connectivity index (χ2v) is 4.24. The summed E-state index contributed by atoms with van der Waals surface area (Å²) in [6.07, 6.45) is 3.58. The molecule has 0 atom stereocenters. The summed E-state index contributed by atoms with van der Waals surface area (Å²) in [6, 6.07) is 14.2. The number of benzene rings is 1. The lowest BCUT2D eigenvalue weighted by molar-refractivity contribution is 1.27. The predicted molar refractivity (Wildman–Crippen MR) is 65.6 cm³/mol. The lowest BCUT2D eigenvalue weighted by Gasteiger charge is -2.04. The molecular weight excluding hydrogens is 202 g/mol. The zero-order valence-corrected chi connectivity index (χ0v) is 9.08. The fraction of sp³-hybridized carbons (Fsp3) is 0. The first-order valence-electron chi connectivity index (χ1n) is 4.68. The molecule has 0 aliphatic carbocycles. The predicted octanol–water partition coefficient (Wildman–Crippen LogP) is 3.84. The first-order valence-corrected chi connectivity index (χ1v) is 5.50. The lowest BCUT2D eigenvalue weighted by Crippen LogP contribution is -1.78. The van der Waals surface area contributed by atoms with E-state index in [1.54, 1.807) is 24.2 Å². The van der Waals surface area contributed by atoms with Crippen molar-refractivity contribution in [1.29, 1.82) is 0 Å². The highest BCUT2D eigenvalue weighted by Crippen LogP contribution is 2.31. The summed E-state index contributed by atoms with van der Waals surface area (Å²) >= 11 is 1.66. The maximum absolute atomic E-state index is 4.06. The molecule has 0 saturated carbocycles. The van der Waals surface area contributed by atoms with Gasteiger partial charge in [0.05, 0.1) is 0 Å². The highest BCUT2D eigenvalue weighted by Gasteiger charge is 1.99. The first kappa shape index (κ1) is 9.99. The Balaban J connectivity index is 2.12. The van der Waals surface area contributed by atoms with Crippen LogP contribution in [0.25, 0.3) is 4.91 Å². The average Bonchev–Trinajstić information content (AvgIpc) is 2.31. The Morgan fingerprint density at radius 3 is 2.33 bits per heavy atom. The number of pyridine rings is 1.